The summed E-state index contributed by atoms with van der Waals surface area (Å²) in [5.74, 6) is 0. The Labute approximate surface area is 144 Å². The van der Waals surface area contributed by atoms with Crippen molar-refractivity contribution >= 4 is 33.5 Å². The normalized spacial score (nSPS) is 16.2. The van der Waals surface area contributed by atoms with Crippen molar-refractivity contribution in [1.82, 2.24) is 14.5 Å². The summed E-state index contributed by atoms with van der Waals surface area (Å²) in [6.45, 7) is 5.50. The van der Waals surface area contributed by atoms with Gasteiger partial charge in [0.15, 0.2) is 0 Å². The molecule has 1 saturated heterocycles. The number of hydrogen-bond donors (Lipinski definition) is 2. The predicted octanol–water partition coefficient (Wildman–Crippen LogP) is 0.836. The quantitative estimate of drug-likeness (QED) is 0.735. The fraction of sp³-hybridized carbons (Fsp3) is 0.412. The van der Waals surface area contributed by atoms with Crippen LogP contribution in [0.5, 0.6) is 0 Å². The number of halogens is 1. The van der Waals surface area contributed by atoms with E-state index in [9.17, 15) is 4.79 Å². The number of aromatic nitrogens is 3. The molecule has 24 heavy (non-hydrogen) atoms. The number of fused-ring (bicyclic) bond motifs is 3. The van der Waals surface area contributed by atoms with Crippen molar-refractivity contribution in [3.05, 3.63) is 39.9 Å². The highest BCUT2D eigenvalue weighted by atomic mass is 35.5. The van der Waals surface area contributed by atoms with Crippen molar-refractivity contribution in [1.29, 1.82) is 0 Å². The zero-order valence-electron chi connectivity index (χ0n) is 13.3. The molecule has 6 nitrogen and oxygen atoms in total. The van der Waals surface area contributed by atoms with E-state index in [-0.39, 0.29) is 5.56 Å². The van der Waals surface area contributed by atoms with Crippen LogP contribution >= 0.6 is 11.6 Å². The molecule has 0 amide bonds. The fourth-order valence-electron chi connectivity index (χ4n) is 3.33. The monoisotopic (exact) mass is 347 g/mol. The van der Waals surface area contributed by atoms with Gasteiger partial charge in [0.1, 0.15) is 24.1 Å². The number of benzene rings is 1. The molecule has 0 radical (unpaired) electrons. The van der Waals surface area contributed by atoms with Crippen LogP contribution in [0, 0.1) is 0 Å². The lowest BCUT2D eigenvalue weighted by Gasteiger charge is -2.23. The van der Waals surface area contributed by atoms with Crippen molar-refractivity contribution in [2.24, 2.45) is 0 Å². The van der Waals surface area contributed by atoms with E-state index in [0.717, 1.165) is 50.2 Å². The van der Waals surface area contributed by atoms with Gasteiger partial charge >= 0.3 is 0 Å². The molecule has 7 heteroatoms. The molecule has 1 aliphatic rings. The van der Waals surface area contributed by atoms with E-state index in [4.69, 9.17) is 16.3 Å². The van der Waals surface area contributed by atoms with E-state index in [1.54, 1.807) is 15.8 Å². The lowest BCUT2D eigenvalue weighted by molar-refractivity contribution is -0.908. The topological polar surface area (TPSA) is 64.3 Å². The molecule has 3 heterocycles. The Hall–Kier alpha value is -1.89. The van der Waals surface area contributed by atoms with Crippen LogP contribution in [-0.4, -0.2) is 47.4 Å². The summed E-state index contributed by atoms with van der Waals surface area (Å²) in [5, 5.41) is 1.53. The van der Waals surface area contributed by atoms with Crippen LogP contribution in [0.2, 0.25) is 5.02 Å². The Kier molecular flexibility index (Phi) is 4.26. The smallest absolute Gasteiger partial charge is 0.277 e. The molecule has 1 aromatic carbocycles. The molecule has 0 atom stereocenters. The summed E-state index contributed by atoms with van der Waals surface area (Å²) >= 11 is 6.05. The summed E-state index contributed by atoms with van der Waals surface area (Å²) < 4.78 is 7.06. The third kappa shape index (κ3) is 2.92. The summed E-state index contributed by atoms with van der Waals surface area (Å²) in [6, 6.07) is 5.53. The number of hydrogen-bond acceptors (Lipinski definition) is 3. The highest BCUT2D eigenvalue weighted by Crippen LogP contribution is 2.24. The molecule has 0 unspecified atom stereocenters. The van der Waals surface area contributed by atoms with Crippen LogP contribution in [0.3, 0.4) is 0 Å². The number of aryl methyl sites for hydroxylation is 1. The first-order valence-corrected chi connectivity index (χ1v) is 8.68. The van der Waals surface area contributed by atoms with E-state index in [0.29, 0.717) is 22.6 Å². The third-order valence-electron chi connectivity index (χ3n) is 4.66. The summed E-state index contributed by atoms with van der Waals surface area (Å²) in [7, 11) is 0. The molecular weight excluding hydrogens is 328 g/mol. The Morgan fingerprint density at radius 2 is 2.17 bits per heavy atom. The van der Waals surface area contributed by atoms with Gasteiger partial charge in [0.25, 0.3) is 5.56 Å². The van der Waals surface area contributed by atoms with Crippen LogP contribution in [0.1, 0.15) is 6.42 Å². The second-order valence-electron chi connectivity index (χ2n) is 6.25. The van der Waals surface area contributed by atoms with Crippen LogP contribution in [0.25, 0.3) is 21.9 Å². The highest BCUT2D eigenvalue weighted by molar-refractivity contribution is 6.31. The molecule has 4 rings (SSSR count). The van der Waals surface area contributed by atoms with Gasteiger partial charge in [-0.3, -0.25) is 9.36 Å². The molecule has 3 aromatic rings. The van der Waals surface area contributed by atoms with E-state index in [2.05, 4.69) is 9.97 Å². The van der Waals surface area contributed by atoms with Gasteiger partial charge in [0.05, 0.1) is 26.1 Å². The third-order valence-corrected chi connectivity index (χ3v) is 4.90. The largest absolute Gasteiger partial charge is 0.370 e. The Morgan fingerprint density at radius 1 is 1.33 bits per heavy atom. The first kappa shape index (κ1) is 15.6. The van der Waals surface area contributed by atoms with Gasteiger partial charge < -0.3 is 14.6 Å². The lowest BCUT2D eigenvalue weighted by Crippen LogP contribution is -3.14. The van der Waals surface area contributed by atoms with Gasteiger partial charge in [0.2, 0.25) is 0 Å². The number of ether oxygens (including phenoxy) is 1. The van der Waals surface area contributed by atoms with Crippen molar-refractivity contribution in [2.45, 2.75) is 13.0 Å². The molecular formula is C17H20ClN4O2+. The second-order valence-corrected chi connectivity index (χ2v) is 6.68. The van der Waals surface area contributed by atoms with Gasteiger partial charge in [-0.25, -0.2) is 4.98 Å². The maximum atomic E-state index is 12.7. The zero-order valence-corrected chi connectivity index (χ0v) is 14.1. The van der Waals surface area contributed by atoms with E-state index in [1.807, 2.05) is 18.2 Å². The Morgan fingerprint density at radius 3 is 3.00 bits per heavy atom. The number of nitrogens with zero attached hydrogens (tertiary/aromatic N) is 2. The van der Waals surface area contributed by atoms with Crippen molar-refractivity contribution in [3.63, 3.8) is 0 Å². The molecule has 0 bridgehead atoms. The number of quaternary nitrogens is 1. The lowest BCUT2D eigenvalue weighted by atomic mass is 10.2. The van der Waals surface area contributed by atoms with Gasteiger partial charge in [-0.1, -0.05) is 11.6 Å². The molecule has 0 spiro atoms. The van der Waals surface area contributed by atoms with E-state index in [1.165, 1.54) is 0 Å². The molecule has 1 aliphatic heterocycles. The van der Waals surface area contributed by atoms with Gasteiger partial charge in [-0.05, 0) is 18.2 Å². The Bertz CT molecular complexity index is 927. The van der Waals surface area contributed by atoms with Crippen molar-refractivity contribution in [3.8, 4) is 0 Å². The minimum Gasteiger partial charge on any atom is -0.370 e. The minimum absolute atomic E-state index is 0.0238. The van der Waals surface area contributed by atoms with Crippen LogP contribution in [0.4, 0.5) is 0 Å². The van der Waals surface area contributed by atoms with Crippen molar-refractivity contribution < 1.29 is 9.64 Å². The first-order valence-electron chi connectivity index (χ1n) is 8.30. The van der Waals surface area contributed by atoms with Gasteiger partial charge in [-0.2, -0.15) is 0 Å². The van der Waals surface area contributed by atoms with Crippen LogP contribution in [0.15, 0.2) is 29.3 Å². The Balaban J connectivity index is 1.56. The number of rotatable bonds is 4. The minimum atomic E-state index is -0.0238. The van der Waals surface area contributed by atoms with E-state index < -0.39 is 0 Å². The van der Waals surface area contributed by atoms with E-state index >= 15 is 0 Å². The SMILES string of the molecule is O=c1c2[nH]c3ccc(Cl)cc3c2ncn1CCC[NH+]1CCOCC1. The average molecular weight is 348 g/mol. The number of morpholine rings is 1. The zero-order chi connectivity index (χ0) is 16.5. The summed E-state index contributed by atoms with van der Waals surface area (Å²) in [5.41, 5.74) is 2.10. The molecule has 0 saturated carbocycles. The highest BCUT2D eigenvalue weighted by Gasteiger charge is 2.14. The summed E-state index contributed by atoms with van der Waals surface area (Å²) in [6.07, 6.45) is 2.60. The second kappa shape index (κ2) is 6.55. The predicted molar refractivity (Wildman–Crippen MR) is 93.9 cm³/mol. The van der Waals surface area contributed by atoms with Crippen molar-refractivity contribution in [2.75, 3.05) is 32.8 Å². The molecule has 2 N–H and O–H groups in total. The maximum absolute atomic E-state index is 12.7. The molecule has 1 fully saturated rings. The molecule has 0 aliphatic carbocycles. The summed E-state index contributed by atoms with van der Waals surface area (Å²) in [4.78, 5) is 21.9. The first-order chi connectivity index (χ1) is 11.7. The fourth-order valence-corrected chi connectivity index (χ4v) is 3.50. The number of aromatic amines is 1. The van der Waals surface area contributed by atoms with Crippen LogP contribution in [-0.2, 0) is 11.3 Å². The van der Waals surface area contributed by atoms with Crippen LogP contribution < -0.4 is 10.5 Å². The average Bonchev–Trinajstić information content (AvgIpc) is 2.97. The van der Waals surface area contributed by atoms with Gasteiger partial charge in [0, 0.05) is 28.9 Å². The molecule has 2 aromatic heterocycles. The number of nitrogens with one attached hydrogen (secondary N) is 2. The number of H-pyrrole nitrogens is 1. The maximum Gasteiger partial charge on any atom is 0.277 e. The van der Waals surface area contributed by atoms with Gasteiger partial charge in [-0.15, -0.1) is 0 Å². The molecule has 126 valence electrons. The standard InChI is InChI=1S/C17H19ClN4O2/c18-12-2-3-14-13(10-12)15-16(20-14)17(23)22(11-19-15)5-1-4-21-6-8-24-9-7-21/h2-3,10-11,20H,1,4-9H2/p+1.